The van der Waals surface area contributed by atoms with E-state index in [0.717, 1.165) is 28.1 Å². The molecule has 1 aromatic heterocycles. The normalized spacial score (nSPS) is 10.4. The number of aryl methyl sites for hydroxylation is 3. The molecule has 0 aliphatic rings. The number of hydrogen-bond donors (Lipinski definition) is 2. The summed E-state index contributed by atoms with van der Waals surface area (Å²) in [4.78, 5) is 16.9. The van der Waals surface area contributed by atoms with E-state index in [4.69, 9.17) is 4.74 Å². The van der Waals surface area contributed by atoms with Gasteiger partial charge in [-0.05, 0) is 73.9 Å². The molecule has 0 atom stereocenters. The van der Waals surface area contributed by atoms with E-state index in [1.807, 2.05) is 51.1 Å². The summed E-state index contributed by atoms with van der Waals surface area (Å²) in [6, 6.07) is 15.2. The van der Waals surface area contributed by atoms with Crippen LogP contribution in [0.2, 0.25) is 0 Å². The van der Waals surface area contributed by atoms with Gasteiger partial charge in [-0.15, -0.1) is 0 Å². The molecule has 1 amide bonds. The van der Waals surface area contributed by atoms with Crippen LogP contribution in [0, 0.1) is 20.8 Å². The van der Waals surface area contributed by atoms with Gasteiger partial charge in [-0.1, -0.05) is 12.1 Å². The highest BCUT2D eigenvalue weighted by Gasteiger charge is 2.10. The van der Waals surface area contributed by atoms with Crippen LogP contribution in [-0.2, 0) is 0 Å². The lowest BCUT2D eigenvalue weighted by atomic mass is 10.1. The van der Waals surface area contributed by atoms with Gasteiger partial charge in [0.05, 0.1) is 12.8 Å². The van der Waals surface area contributed by atoms with Crippen molar-refractivity contribution in [3.05, 3.63) is 77.0 Å². The van der Waals surface area contributed by atoms with E-state index in [-0.39, 0.29) is 5.91 Å². The summed E-state index contributed by atoms with van der Waals surface area (Å²) in [5.74, 6) is 1.11. The van der Waals surface area contributed by atoms with Gasteiger partial charge in [0.2, 0.25) is 0 Å². The Hall–Kier alpha value is -3.34. The van der Waals surface area contributed by atoms with E-state index in [1.54, 1.807) is 25.4 Å². The van der Waals surface area contributed by atoms with Crippen LogP contribution in [0.1, 0.15) is 27.0 Å². The summed E-state index contributed by atoms with van der Waals surface area (Å²) in [5.41, 5.74) is 5.42. The Morgan fingerprint density at radius 3 is 2.37 bits per heavy atom. The van der Waals surface area contributed by atoms with Crippen LogP contribution in [0.5, 0.6) is 5.75 Å². The van der Waals surface area contributed by atoms with Crippen LogP contribution < -0.4 is 15.4 Å². The van der Waals surface area contributed by atoms with Crippen LogP contribution in [-0.4, -0.2) is 18.0 Å². The summed E-state index contributed by atoms with van der Waals surface area (Å²) < 4.78 is 5.38. The standard InChI is InChI=1S/C22H23N3O2/c1-14-5-6-20(27-4)19(12-14)25-21-13-17(7-8-23-21)22(26)24-18-10-15(2)9-16(3)11-18/h5-13H,1-4H3,(H,23,25)(H,24,26). The molecule has 2 aromatic carbocycles. The zero-order chi connectivity index (χ0) is 19.4. The van der Waals surface area contributed by atoms with Gasteiger partial charge in [0.1, 0.15) is 11.6 Å². The van der Waals surface area contributed by atoms with Crippen LogP contribution >= 0.6 is 0 Å². The summed E-state index contributed by atoms with van der Waals surface area (Å²) >= 11 is 0. The predicted octanol–water partition coefficient (Wildman–Crippen LogP) is 5.01. The smallest absolute Gasteiger partial charge is 0.255 e. The summed E-state index contributed by atoms with van der Waals surface area (Å²) in [6.45, 7) is 6.02. The fourth-order valence-electron chi connectivity index (χ4n) is 2.95. The molecule has 138 valence electrons. The number of rotatable bonds is 5. The maximum absolute atomic E-state index is 12.6. The molecule has 0 aliphatic heterocycles. The van der Waals surface area contributed by atoms with Crippen molar-refractivity contribution in [1.82, 2.24) is 4.98 Å². The molecule has 5 heteroatoms. The van der Waals surface area contributed by atoms with Crippen LogP contribution in [0.25, 0.3) is 0 Å². The van der Waals surface area contributed by atoms with Crippen LogP contribution in [0.4, 0.5) is 17.2 Å². The molecule has 1 heterocycles. The van der Waals surface area contributed by atoms with Crippen molar-refractivity contribution in [2.24, 2.45) is 0 Å². The molecule has 0 saturated heterocycles. The van der Waals surface area contributed by atoms with Gasteiger partial charge >= 0.3 is 0 Å². The maximum Gasteiger partial charge on any atom is 0.255 e. The van der Waals surface area contributed by atoms with Crippen molar-refractivity contribution >= 4 is 23.1 Å². The van der Waals surface area contributed by atoms with Crippen molar-refractivity contribution in [2.75, 3.05) is 17.7 Å². The second kappa shape index (κ2) is 7.91. The van der Waals surface area contributed by atoms with Gasteiger partial charge < -0.3 is 15.4 Å². The van der Waals surface area contributed by atoms with Crippen LogP contribution in [0.15, 0.2) is 54.7 Å². The second-order valence-corrected chi connectivity index (χ2v) is 6.59. The van der Waals surface area contributed by atoms with E-state index in [1.165, 1.54) is 0 Å². The molecule has 0 radical (unpaired) electrons. The zero-order valence-electron chi connectivity index (χ0n) is 16.0. The van der Waals surface area contributed by atoms with E-state index in [0.29, 0.717) is 17.1 Å². The van der Waals surface area contributed by atoms with Crippen LogP contribution in [0.3, 0.4) is 0 Å². The average molecular weight is 361 g/mol. The number of aromatic nitrogens is 1. The van der Waals surface area contributed by atoms with E-state index < -0.39 is 0 Å². The number of pyridine rings is 1. The van der Waals surface area contributed by atoms with Gasteiger partial charge in [0.25, 0.3) is 5.91 Å². The Balaban J connectivity index is 1.81. The number of amides is 1. The Labute approximate surface area is 159 Å². The topological polar surface area (TPSA) is 63.2 Å². The third kappa shape index (κ3) is 4.64. The first-order valence-electron chi connectivity index (χ1n) is 8.72. The number of nitrogens with one attached hydrogen (secondary N) is 2. The first kappa shape index (κ1) is 18.5. The number of nitrogens with zero attached hydrogens (tertiary/aromatic N) is 1. The van der Waals surface area contributed by atoms with E-state index in [9.17, 15) is 4.79 Å². The Kier molecular flexibility index (Phi) is 5.41. The molecule has 3 rings (SSSR count). The number of carbonyl (C=O) groups excluding carboxylic acids is 1. The van der Waals surface area contributed by atoms with Crippen molar-refractivity contribution in [3.63, 3.8) is 0 Å². The first-order chi connectivity index (χ1) is 12.9. The second-order valence-electron chi connectivity index (χ2n) is 6.59. The summed E-state index contributed by atoms with van der Waals surface area (Å²) in [5, 5.41) is 6.17. The number of hydrogen-bond acceptors (Lipinski definition) is 4. The highest BCUT2D eigenvalue weighted by Crippen LogP contribution is 2.28. The lowest BCUT2D eigenvalue weighted by Crippen LogP contribution is -2.12. The maximum atomic E-state index is 12.6. The zero-order valence-corrected chi connectivity index (χ0v) is 16.0. The molecular formula is C22H23N3O2. The Bertz CT molecular complexity index is 963. The minimum Gasteiger partial charge on any atom is -0.495 e. The number of benzene rings is 2. The predicted molar refractivity (Wildman–Crippen MR) is 109 cm³/mol. The molecule has 5 nitrogen and oxygen atoms in total. The highest BCUT2D eigenvalue weighted by atomic mass is 16.5. The van der Waals surface area contributed by atoms with Crippen molar-refractivity contribution in [3.8, 4) is 5.75 Å². The molecule has 3 aromatic rings. The van der Waals surface area contributed by atoms with Gasteiger partial charge in [-0.2, -0.15) is 0 Å². The average Bonchev–Trinajstić information content (AvgIpc) is 2.61. The lowest BCUT2D eigenvalue weighted by molar-refractivity contribution is 0.102. The van der Waals surface area contributed by atoms with Gasteiger partial charge in [0, 0.05) is 17.4 Å². The first-order valence-corrected chi connectivity index (χ1v) is 8.72. The van der Waals surface area contributed by atoms with Gasteiger partial charge in [-0.3, -0.25) is 4.79 Å². The van der Waals surface area contributed by atoms with Gasteiger partial charge in [-0.25, -0.2) is 4.98 Å². The largest absolute Gasteiger partial charge is 0.495 e. The monoisotopic (exact) mass is 361 g/mol. The van der Waals surface area contributed by atoms with E-state index in [2.05, 4.69) is 21.7 Å². The Morgan fingerprint density at radius 1 is 0.926 bits per heavy atom. The fraction of sp³-hybridized carbons (Fsp3) is 0.182. The lowest BCUT2D eigenvalue weighted by Gasteiger charge is -2.12. The third-order valence-electron chi connectivity index (χ3n) is 4.12. The minimum absolute atomic E-state index is 0.179. The fourth-order valence-corrected chi connectivity index (χ4v) is 2.95. The SMILES string of the molecule is COc1ccc(C)cc1Nc1cc(C(=O)Nc2cc(C)cc(C)c2)ccn1. The number of methoxy groups -OCH3 is 1. The van der Waals surface area contributed by atoms with E-state index >= 15 is 0 Å². The number of anilines is 3. The molecule has 0 bridgehead atoms. The Morgan fingerprint density at radius 2 is 1.67 bits per heavy atom. The summed E-state index contributed by atoms with van der Waals surface area (Å²) in [7, 11) is 1.62. The molecule has 0 aliphatic carbocycles. The molecule has 0 saturated carbocycles. The molecule has 0 unspecified atom stereocenters. The van der Waals surface area contributed by atoms with Crippen molar-refractivity contribution < 1.29 is 9.53 Å². The molecule has 2 N–H and O–H groups in total. The number of ether oxygens (including phenoxy) is 1. The minimum atomic E-state index is -0.179. The quantitative estimate of drug-likeness (QED) is 0.670. The molecular weight excluding hydrogens is 338 g/mol. The number of carbonyl (C=O) groups is 1. The molecule has 0 spiro atoms. The molecule has 0 fully saturated rings. The molecule has 27 heavy (non-hydrogen) atoms. The van der Waals surface area contributed by atoms with Gasteiger partial charge in [0.15, 0.2) is 0 Å². The van der Waals surface area contributed by atoms with Crippen molar-refractivity contribution in [1.29, 1.82) is 0 Å². The third-order valence-corrected chi connectivity index (χ3v) is 4.12. The van der Waals surface area contributed by atoms with Crippen molar-refractivity contribution in [2.45, 2.75) is 20.8 Å². The highest BCUT2D eigenvalue weighted by molar-refractivity contribution is 6.04. The summed E-state index contributed by atoms with van der Waals surface area (Å²) in [6.07, 6.45) is 1.61.